The van der Waals surface area contributed by atoms with Gasteiger partial charge in [-0.3, -0.25) is 0 Å². The minimum Gasteiger partial charge on any atom is -0.367 e. The quantitative estimate of drug-likeness (QED) is 0.781. The van der Waals surface area contributed by atoms with Gasteiger partial charge in [-0.05, 0) is 60.2 Å². The van der Waals surface area contributed by atoms with E-state index in [1.807, 2.05) is 11.0 Å². The normalized spacial score (nSPS) is 18.3. The summed E-state index contributed by atoms with van der Waals surface area (Å²) < 4.78 is 1.11. The van der Waals surface area contributed by atoms with Crippen LogP contribution in [-0.4, -0.2) is 43.7 Å². The lowest BCUT2D eigenvalue weighted by Crippen LogP contribution is -2.52. The first-order valence-corrected chi connectivity index (χ1v) is 9.73. The predicted molar refractivity (Wildman–Crippen MR) is 102 cm³/mol. The lowest BCUT2D eigenvalue weighted by molar-refractivity contribution is 0.194. The van der Waals surface area contributed by atoms with Gasteiger partial charge < -0.3 is 15.1 Å². The number of allylic oxidation sites excluding steroid dienone is 1. The molecule has 24 heavy (non-hydrogen) atoms. The largest absolute Gasteiger partial charge is 0.367 e. The molecule has 1 N–H and O–H groups in total. The third-order valence-corrected chi connectivity index (χ3v) is 5.54. The zero-order chi connectivity index (χ0) is 16.8. The van der Waals surface area contributed by atoms with E-state index >= 15 is 0 Å². The highest BCUT2D eigenvalue weighted by Gasteiger charge is 2.21. The van der Waals surface area contributed by atoms with Crippen molar-refractivity contribution in [2.45, 2.75) is 32.1 Å². The molecule has 0 atom stereocenters. The van der Waals surface area contributed by atoms with Gasteiger partial charge in [0.05, 0.1) is 5.69 Å². The van der Waals surface area contributed by atoms with Gasteiger partial charge in [-0.15, -0.1) is 0 Å². The molecule has 0 unspecified atom stereocenters. The lowest BCUT2D eigenvalue weighted by atomic mass is 9.97. The molecule has 1 aliphatic heterocycles. The predicted octanol–water partition coefficient (Wildman–Crippen LogP) is 4.17. The molecular weight excluding hydrogens is 366 g/mol. The first-order valence-electron chi connectivity index (χ1n) is 8.94. The molecule has 0 bridgehead atoms. The molecule has 1 saturated heterocycles. The summed E-state index contributed by atoms with van der Waals surface area (Å²) in [7, 11) is 0. The second-order valence-corrected chi connectivity index (χ2v) is 7.37. The van der Waals surface area contributed by atoms with Crippen molar-refractivity contribution in [3.8, 4) is 0 Å². The first kappa shape index (κ1) is 17.3. The number of benzene rings is 1. The third-order valence-electron chi connectivity index (χ3n) is 4.87. The number of urea groups is 1. The van der Waals surface area contributed by atoms with Crippen molar-refractivity contribution in [1.82, 2.24) is 10.2 Å². The molecule has 4 nitrogen and oxygen atoms in total. The first-order chi connectivity index (χ1) is 11.7. The minimum absolute atomic E-state index is 0.0817. The van der Waals surface area contributed by atoms with E-state index in [0.29, 0.717) is 0 Å². The molecule has 0 aromatic heterocycles. The van der Waals surface area contributed by atoms with Gasteiger partial charge in [-0.2, -0.15) is 0 Å². The SMILES string of the molecule is O=C(NCCC1=CCCCC1)N1CCN(c2ccccc2Br)CC1. The van der Waals surface area contributed by atoms with Gasteiger partial charge in [0.15, 0.2) is 0 Å². The van der Waals surface area contributed by atoms with Gasteiger partial charge in [0.1, 0.15) is 0 Å². The average molecular weight is 392 g/mol. The van der Waals surface area contributed by atoms with Crippen LogP contribution >= 0.6 is 15.9 Å². The Morgan fingerprint density at radius 3 is 2.62 bits per heavy atom. The van der Waals surface area contributed by atoms with Gasteiger partial charge in [0, 0.05) is 37.2 Å². The van der Waals surface area contributed by atoms with Crippen LogP contribution in [0.5, 0.6) is 0 Å². The van der Waals surface area contributed by atoms with Crippen molar-refractivity contribution in [3.63, 3.8) is 0 Å². The van der Waals surface area contributed by atoms with Crippen LogP contribution in [0.4, 0.5) is 10.5 Å². The summed E-state index contributed by atoms with van der Waals surface area (Å²) in [5.74, 6) is 0. The molecule has 1 heterocycles. The fraction of sp³-hybridized carbons (Fsp3) is 0.526. The average Bonchev–Trinajstić information content (AvgIpc) is 2.63. The minimum atomic E-state index is 0.0817. The van der Waals surface area contributed by atoms with Crippen molar-refractivity contribution in [3.05, 3.63) is 40.4 Å². The molecule has 0 spiro atoms. The number of nitrogens with zero attached hydrogens (tertiary/aromatic N) is 2. The summed E-state index contributed by atoms with van der Waals surface area (Å²) in [4.78, 5) is 16.6. The maximum absolute atomic E-state index is 12.3. The molecule has 0 saturated carbocycles. The van der Waals surface area contributed by atoms with Crippen LogP contribution in [0, 0.1) is 0 Å². The number of piperazine rings is 1. The van der Waals surface area contributed by atoms with Crippen LogP contribution < -0.4 is 10.2 Å². The Balaban J connectivity index is 1.42. The monoisotopic (exact) mass is 391 g/mol. The molecule has 1 aliphatic carbocycles. The standard InChI is InChI=1S/C19H26BrN3O/c20-17-8-4-5-9-18(17)22-12-14-23(15-13-22)19(24)21-11-10-16-6-2-1-3-7-16/h4-6,8-9H,1-3,7,10-15H2,(H,21,24). The number of amides is 2. The van der Waals surface area contributed by atoms with Crippen LogP contribution in [0.25, 0.3) is 0 Å². The summed E-state index contributed by atoms with van der Waals surface area (Å²) >= 11 is 3.61. The number of hydrogen-bond acceptors (Lipinski definition) is 2. The molecule has 1 fully saturated rings. The highest BCUT2D eigenvalue weighted by atomic mass is 79.9. The molecule has 2 amide bonds. The molecule has 5 heteroatoms. The summed E-state index contributed by atoms with van der Waals surface area (Å²) in [6.45, 7) is 4.06. The van der Waals surface area contributed by atoms with Crippen molar-refractivity contribution in [2.75, 3.05) is 37.6 Å². The van der Waals surface area contributed by atoms with Gasteiger partial charge >= 0.3 is 6.03 Å². The molecule has 1 aromatic rings. The van der Waals surface area contributed by atoms with E-state index in [2.05, 4.69) is 50.4 Å². The van der Waals surface area contributed by atoms with Crippen LogP contribution in [0.15, 0.2) is 40.4 Å². The highest BCUT2D eigenvalue weighted by molar-refractivity contribution is 9.10. The van der Waals surface area contributed by atoms with E-state index in [4.69, 9.17) is 0 Å². The maximum atomic E-state index is 12.3. The van der Waals surface area contributed by atoms with Crippen molar-refractivity contribution < 1.29 is 4.79 Å². The molecule has 130 valence electrons. The van der Waals surface area contributed by atoms with Crippen molar-refractivity contribution >= 4 is 27.6 Å². The van der Waals surface area contributed by atoms with E-state index in [9.17, 15) is 4.79 Å². The Hall–Kier alpha value is -1.49. The Morgan fingerprint density at radius 2 is 1.92 bits per heavy atom. The number of rotatable bonds is 4. The lowest BCUT2D eigenvalue weighted by Gasteiger charge is -2.36. The zero-order valence-corrected chi connectivity index (χ0v) is 15.7. The number of halogens is 1. The number of anilines is 1. The van der Waals surface area contributed by atoms with E-state index in [-0.39, 0.29) is 6.03 Å². The Morgan fingerprint density at radius 1 is 1.12 bits per heavy atom. The fourth-order valence-electron chi connectivity index (χ4n) is 3.43. The molecule has 1 aromatic carbocycles. The summed E-state index contributed by atoms with van der Waals surface area (Å²) in [5, 5.41) is 3.08. The summed E-state index contributed by atoms with van der Waals surface area (Å²) in [6.07, 6.45) is 8.39. The zero-order valence-electron chi connectivity index (χ0n) is 14.1. The Bertz CT molecular complexity index is 594. The second-order valence-electron chi connectivity index (χ2n) is 6.52. The van der Waals surface area contributed by atoms with E-state index in [1.54, 1.807) is 0 Å². The molecule has 0 radical (unpaired) electrons. The fourth-order valence-corrected chi connectivity index (χ4v) is 3.97. The van der Waals surface area contributed by atoms with E-state index < -0.39 is 0 Å². The van der Waals surface area contributed by atoms with Gasteiger partial charge in [-0.25, -0.2) is 4.79 Å². The second kappa shape index (κ2) is 8.56. The third kappa shape index (κ3) is 4.53. The highest BCUT2D eigenvalue weighted by Crippen LogP contribution is 2.26. The van der Waals surface area contributed by atoms with E-state index in [0.717, 1.165) is 43.6 Å². The maximum Gasteiger partial charge on any atom is 0.317 e. The topological polar surface area (TPSA) is 35.6 Å². The molecule has 2 aliphatic rings. The van der Waals surface area contributed by atoms with Crippen LogP contribution in [0.2, 0.25) is 0 Å². The number of nitrogens with one attached hydrogen (secondary N) is 1. The smallest absolute Gasteiger partial charge is 0.317 e. The van der Waals surface area contributed by atoms with Crippen LogP contribution in [0.1, 0.15) is 32.1 Å². The number of hydrogen-bond donors (Lipinski definition) is 1. The van der Waals surface area contributed by atoms with Crippen LogP contribution in [-0.2, 0) is 0 Å². The van der Waals surface area contributed by atoms with Crippen molar-refractivity contribution in [2.24, 2.45) is 0 Å². The number of carbonyl (C=O) groups excluding carboxylic acids is 1. The van der Waals surface area contributed by atoms with E-state index in [1.165, 1.54) is 36.9 Å². The Labute approximate surface area is 153 Å². The number of para-hydroxylation sites is 1. The van der Waals surface area contributed by atoms with Gasteiger partial charge in [0.25, 0.3) is 0 Å². The molecule has 3 rings (SSSR count). The van der Waals surface area contributed by atoms with Gasteiger partial charge in [-0.1, -0.05) is 23.8 Å². The summed E-state index contributed by atoms with van der Waals surface area (Å²) in [6, 6.07) is 8.35. The van der Waals surface area contributed by atoms with Crippen molar-refractivity contribution in [1.29, 1.82) is 0 Å². The number of carbonyl (C=O) groups is 1. The molecular formula is C19H26BrN3O. The van der Waals surface area contributed by atoms with Gasteiger partial charge in [0.2, 0.25) is 0 Å². The Kier molecular flexibility index (Phi) is 6.18. The van der Waals surface area contributed by atoms with Crippen LogP contribution in [0.3, 0.4) is 0 Å². The summed E-state index contributed by atoms with van der Waals surface area (Å²) in [5.41, 5.74) is 2.72.